The molecule has 0 unspecified atom stereocenters. The summed E-state index contributed by atoms with van der Waals surface area (Å²) in [5.74, 6) is 0.800. The number of rotatable bonds is 4. The zero-order chi connectivity index (χ0) is 17.7. The first-order chi connectivity index (χ1) is 12.0. The Hall–Kier alpha value is -1.15. The molecule has 2 aromatic rings. The molecular formula is C17H26N4O2S2. The largest absolute Gasteiger partial charge is 0.344 e. The minimum Gasteiger partial charge on any atom is -0.344 e. The molecule has 3 heterocycles. The van der Waals surface area contributed by atoms with Crippen molar-refractivity contribution in [3.63, 3.8) is 0 Å². The second-order valence-electron chi connectivity index (χ2n) is 7.39. The van der Waals surface area contributed by atoms with Crippen molar-refractivity contribution in [1.82, 2.24) is 14.6 Å². The predicted molar refractivity (Wildman–Crippen MR) is 101 cm³/mol. The number of fused-ring (bicyclic) bond motifs is 1. The summed E-state index contributed by atoms with van der Waals surface area (Å²) in [6, 6.07) is 0. The quantitative estimate of drug-likeness (QED) is 0.812. The Kier molecular flexibility index (Phi) is 4.30. The molecule has 2 aliphatic rings. The maximum absolute atomic E-state index is 12.6. The fraction of sp³-hybridized carbons (Fsp3) is 0.765. The van der Waals surface area contributed by atoms with Crippen molar-refractivity contribution in [1.29, 1.82) is 0 Å². The summed E-state index contributed by atoms with van der Waals surface area (Å²) in [6.07, 6.45) is 8.43. The fourth-order valence-corrected chi connectivity index (χ4v) is 7.34. The van der Waals surface area contributed by atoms with Crippen LogP contribution in [0.3, 0.4) is 0 Å². The molecule has 6 nitrogen and oxygen atoms in total. The molecule has 25 heavy (non-hydrogen) atoms. The minimum absolute atomic E-state index is 0.212. The number of sulfone groups is 1. The molecule has 0 N–H and O–H groups in total. The summed E-state index contributed by atoms with van der Waals surface area (Å²) in [7, 11) is -3.05. The van der Waals surface area contributed by atoms with Crippen LogP contribution in [0.1, 0.15) is 64.0 Å². The van der Waals surface area contributed by atoms with Crippen molar-refractivity contribution in [2.45, 2.75) is 63.0 Å². The average Bonchev–Trinajstić information content (AvgIpc) is 3.30. The van der Waals surface area contributed by atoms with Gasteiger partial charge in [-0.3, -0.25) is 0 Å². The molecule has 2 fully saturated rings. The van der Waals surface area contributed by atoms with Gasteiger partial charge in [0.1, 0.15) is 0 Å². The van der Waals surface area contributed by atoms with Gasteiger partial charge in [0.05, 0.1) is 22.4 Å². The lowest BCUT2D eigenvalue weighted by Crippen LogP contribution is -2.55. The monoisotopic (exact) mass is 382 g/mol. The van der Waals surface area contributed by atoms with Gasteiger partial charge in [0.2, 0.25) is 10.1 Å². The van der Waals surface area contributed by atoms with E-state index in [9.17, 15) is 8.42 Å². The van der Waals surface area contributed by atoms with Crippen molar-refractivity contribution >= 4 is 31.3 Å². The third-order valence-electron chi connectivity index (χ3n) is 6.15. The van der Waals surface area contributed by atoms with E-state index in [0.29, 0.717) is 31.8 Å². The van der Waals surface area contributed by atoms with Crippen LogP contribution in [0.2, 0.25) is 0 Å². The number of nitrogens with zero attached hydrogens (tertiary/aromatic N) is 4. The number of hydrogen-bond donors (Lipinski definition) is 0. The molecule has 0 aromatic carbocycles. The molecule has 0 amide bonds. The van der Waals surface area contributed by atoms with Gasteiger partial charge in [-0.2, -0.15) is 0 Å². The lowest BCUT2D eigenvalue weighted by atomic mass is 10.0. The maximum Gasteiger partial charge on any atom is 0.214 e. The number of imidazole rings is 1. The number of anilines is 1. The van der Waals surface area contributed by atoms with Gasteiger partial charge in [0.15, 0.2) is 9.84 Å². The van der Waals surface area contributed by atoms with Gasteiger partial charge in [0, 0.05) is 19.0 Å². The smallest absolute Gasteiger partial charge is 0.214 e. The number of aromatic nitrogens is 3. The fourth-order valence-electron chi connectivity index (χ4n) is 4.30. The van der Waals surface area contributed by atoms with Crippen molar-refractivity contribution < 1.29 is 8.42 Å². The molecule has 0 bridgehead atoms. The molecular weight excluding hydrogens is 356 g/mol. The highest BCUT2D eigenvalue weighted by Crippen LogP contribution is 2.37. The lowest BCUT2D eigenvalue weighted by molar-refractivity contribution is 0.458. The number of hydrogen-bond acceptors (Lipinski definition) is 6. The normalized spacial score (nSPS) is 23.5. The Bertz CT molecular complexity index is 829. The molecule has 1 saturated carbocycles. The molecule has 1 aliphatic heterocycles. The highest BCUT2D eigenvalue weighted by molar-refractivity contribution is 7.92. The van der Waals surface area contributed by atoms with Crippen molar-refractivity contribution in [2.24, 2.45) is 0 Å². The van der Waals surface area contributed by atoms with E-state index in [1.54, 1.807) is 11.3 Å². The van der Waals surface area contributed by atoms with Crippen LogP contribution < -0.4 is 4.90 Å². The van der Waals surface area contributed by atoms with Gasteiger partial charge in [-0.25, -0.2) is 17.9 Å². The SMILES string of the molecule is CCC1(CC)CN(c2nn3cc(C4CCCC4)nc3s2)CCS1(=O)=O. The van der Waals surface area contributed by atoms with Crippen LogP contribution in [0, 0.1) is 0 Å². The van der Waals surface area contributed by atoms with E-state index in [4.69, 9.17) is 10.1 Å². The van der Waals surface area contributed by atoms with Crippen LogP contribution in [-0.2, 0) is 9.84 Å². The standard InChI is InChI=1S/C17H26N4O2S2/c1-3-17(4-2)12-20(9-10-25(17,22)23)16-19-21-11-14(18-15(21)24-16)13-7-5-6-8-13/h11,13H,3-10,12H2,1-2H3. The molecule has 138 valence electrons. The first kappa shape index (κ1) is 17.3. The van der Waals surface area contributed by atoms with E-state index < -0.39 is 14.6 Å². The summed E-state index contributed by atoms with van der Waals surface area (Å²) in [5.41, 5.74) is 1.17. The van der Waals surface area contributed by atoms with Gasteiger partial charge >= 0.3 is 0 Å². The van der Waals surface area contributed by atoms with Gasteiger partial charge < -0.3 is 4.90 Å². The van der Waals surface area contributed by atoms with Crippen molar-refractivity contribution in [3.8, 4) is 0 Å². The molecule has 0 spiro atoms. The van der Waals surface area contributed by atoms with Crippen LogP contribution in [0.4, 0.5) is 5.13 Å². The van der Waals surface area contributed by atoms with E-state index in [-0.39, 0.29) is 5.75 Å². The van der Waals surface area contributed by atoms with Crippen LogP contribution in [0.5, 0.6) is 0 Å². The van der Waals surface area contributed by atoms with Crippen LogP contribution >= 0.6 is 11.3 Å². The Morgan fingerprint density at radius 1 is 1.28 bits per heavy atom. The van der Waals surface area contributed by atoms with E-state index in [1.807, 2.05) is 18.4 Å². The summed E-state index contributed by atoms with van der Waals surface area (Å²) in [4.78, 5) is 7.85. The van der Waals surface area contributed by atoms with Gasteiger partial charge in [-0.1, -0.05) is 38.0 Å². The molecule has 4 rings (SSSR count). The molecule has 2 aromatic heterocycles. The van der Waals surface area contributed by atoms with Crippen LogP contribution in [0.15, 0.2) is 6.20 Å². The highest BCUT2D eigenvalue weighted by Gasteiger charge is 2.45. The zero-order valence-corrected chi connectivity index (χ0v) is 16.6. The minimum atomic E-state index is -3.05. The Labute approximate surface area is 153 Å². The molecule has 8 heteroatoms. The zero-order valence-electron chi connectivity index (χ0n) is 14.9. The summed E-state index contributed by atoms with van der Waals surface area (Å²) in [6.45, 7) is 5.02. The van der Waals surface area contributed by atoms with E-state index >= 15 is 0 Å². The first-order valence-electron chi connectivity index (χ1n) is 9.31. The van der Waals surface area contributed by atoms with E-state index in [1.165, 1.54) is 31.4 Å². The van der Waals surface area contributed by atoms with Gasteiger partial charge in [0.25, 0.3) is 0 Å². The Morgan fingerprint density at radius 2 is 2.00 bits per heavy atom. The van der Waals surface area contributed by atoms with Crippen molar-refractivity contribution in [2.75, 3.05) is 23.7 Å². The second kappa shape index (κ2) is 6.23. The Morgan fingerprint density at radius 3 is 2.64 bits per heavy atom. The first-order valence-corrected chi connectivity index (χ1v) is 11.8. The highest BCUT2D eigenvalue weighted by atomic mass is 32.2. The molecule has 0 atom stereocenters. The summed E-state index contributed by atoms with van der Waals surface area (Å²) in [5, 5.41) is 5.60. The maximum atomic E-state index is 12.6. The third kappa shape index (κ3) is 2.77. The van der Waals surface area contributed by atoms with Gasteiger partial charge in [-0.15, -0.1) is 5.10 Å². The third-order valence-corrected chi connectivity index (χ3v) is 9.88. The second-order valence-corrected chi connectivity index (χ2v) is 10.8. The van der Waals surface area contributed by atoms with Crippen LogP contribution in [-0.4, -0.2) is 46.6 Å². The van der Waals surface area contributed by atoms with Crippen LogP contribution in [0.25, 0.3) is 4.96 Å². The van der Waals surface area contributed by atoms with E-state index in [0.717, 1.165) is 10.1 Å². The Balaban J connectivity index is 1.60. The summed E-state index contributed by atoms with van der Waals surface area (Å²) < 4.78 is 26.4. The molecule has 1 aliphatic carbocycles. The van der Waals surface area contributed by atoms with Gasteiger partial charge in [-0.05, 0) is 25.7 Å². The lowest BCUT2D eigenvalue weighted by Gasteiger charge is -2.41. The topological polar surface area (TPSA) is 67.6 Å². The van der Waals surface area contributed by atoms with E-state index in [2.05, 4.69) is 11.1 Å². The molecule has 1 saturated heterocycles. The summed E-state index contributed by atoms with van der Waals surface area (Å²) >= 11 is 1.58. The molecule has 0 radical (unpaired) electrons. The van der Waals surface area contributed by atoms with Crippen molar-refractivity contribution in [3.05, 3.63) is 11.9 Å². The predicted octanol–water partition coefficient (Wildman–Crippen LogP) is 3.24. The average molecular weight is 383 g/mol.